The molecule has 3 aromatic carbocycles. The zero-order valence-corrected chi connectivity index (χ0v) is 22.1. The van der Waals surface area contributed by atoms with E-state index in [4.69, 9.17) is 23.2 Å². The number of halogens is 2. The zero-order chi connectivity index (χ0) is 25.9. The van der Waals surface area contributed by atoms with Gasteiger partial charge in [0, 0.05) is 36.2 Å². The number of carbonyl (C=O) groups excluding carboxylic acids is 1. The second-order valence-corrected chi connectivity index (χ2v) is 12.7. The van der Waals surface area contributed by atoms with E-state index in [1.165, 1.54) is 30.3 Å². The summed E-state index contributed by atoms with van der Waals surface area (Å²) < 4.78 is 55.5. The normalized spacial score (nSPS) is 17.6. The maximum Gasteiger partial charge on any atom is 0.243 e. The Kier molecular flexibility index (Phi) is 8.03. The van der Waals surface area contributed by atoms with E-state index in [9.17, 15) is 21.6 Å². The predicted molar refractivity (Wildman–Crippen MR) is 138 cm³/mol. The number of hydrogen-bond donors (Lipinski definition) is 1. The van der Waals surface area contributed by atoms with Crippen LogP contribution >= 0.6 is 23.2 Å². The van der Waals surface area contributed by atoms with E-state index in [0.717, 1.165) is 8.61 Å². The maximum atomic E-state index is 13.4. The van der Waals surface area contributed by atoms with Crippen LogP contribution in [-0.2, 0) is 31.4 Å². The van der Waals surface area contributed by atoms with Crippen LogP contribution in [0.3, 0.4) is 0 Å². The van der Waals surface area contributed by atoms with E-state index in [1.54, 1.807) is 48.5 Å². The Morgan fingerprint density at radius 2 is 1.42 bits per heavy atom. The van der Waals surface area contributed by atoms with Gasteiger partial charge in [-0.3, -0.25) is 4.79 Å². The van der Waals surface area contributed by atoms with E-state index < -0.39 is 32.0 Å². The third-order valence-electron chi connectivity index (χ3n) is 5.80. The van der Waals surface area contributed by atoms with Crippen LogP contribution < -0.4 is 5.32 Å². The number of sulfonamides is 2. The van der Waals surface area contributed by atoms with Gasteiger partial charge in [-0.25, -0.2) is 16.8 Å². The summed E-state index contributed by atoms with van der Waals surface area (Å²) in [5.41, 5.74) is 0.580. The molecular weight excluding hydrogens is 545 g/mol. The minimum atomic E-state index is -4.08. The third-order valence-corrected chi connectivity index (χ3v) is 10.2. The Morgan fingerprint density at radius 1 is 0.833 bits per heavy atom. The quantitative estimate of drug-likeness (QED) is 0.471. The van der Waals surface area contributed by atoms with Gasteiger partial charge in [0.1, 0.15) is 6.04 Å². The number of hydrogen-bond acceptors (Lipinski definition) is 5. The molecular formula is C24H23Cl2N3O5S2. The molecule has 0 unspecified atom stereocenters. The highest BCUT2D eigenvalue weighted by Gasteiger charge is 2.43. The van der Waals surface area contributed by atoms with E-state index in [-0.39, 0.29) is 36.0 Å². The lowest BCUT2D eigenvalue weighted by atomic mass is 10.2. The van der Waals surface area contributed by atoms with Crippen LogP contribution in [-0.4, -0.2) is 57.0 Å². The lowest BCUT2D eigenvalue weighted by Crippen LogP contribution is -2.61. The molecule has 1 heterocycles. The highest BCUT2D eigenvalue weighted by atomic mass is 35.5. The molecule has 190 valence electrons. The Labute approximate surface area is 220 Å². The number of carbonyl (C=O) groups is 1. The van der Waals surface area contributed by atoms with Gasteiger partial charge in [0.15, 0.2) is 0 Å². The molecule has 1 N–H and O–H groups in total. The van der Waals surface area contributed by atoms with Crippen molar-refractivity contribution >= 4 is 49.2 Å². The Hall–Kier alpha value is -2.47. The first kappa shape index (κ1) is 26.6. The fraction of sp³-hybridized carbons (Fsp3) is 0.208. The Morgan fingerprint density at radius 3 is 2.00 bits per heavy atom. The van der Waals surface area contributed by atoms with Gasteiger partial charge in [-0.15, -0.1) is 0 Å². The van der Waals surface area contributed by atoms with Crippen molar-refractivity contribution in [2.24, 2.45) is 0 Å². The molecule has 12 heteroatoms. The molecule has 3 aromatic rings. The van der Waals surface area contributed by atoms with Crippen LogP contribution in [0.4, 0.5) is 0 Å². The van der Waals surface area contributed by atoms with Crippen molar-refractivity contribution in [3.8, 4) is 0 Å². The fourth-order valence-electron chi connectivity index (χ4n) is 3.90. The molecule has 0 spiro atoms. The minimum absolute atomic E-state index is 0.00992. The van der Waals surface area contributed by atoms with E-state index in [1.807, 2.05) is 0 Å². The van der Waals surface area contributed by atoms with Crippen LogP contribution in [0.15, 0.2) is 88.7 Å². The standard InChI is InChI=1S/C24H23Cl2N3O5S2/c25-19-12-11-18(22(26)15-19)16-27-24(30)23-17-28(35(31,32)20-7-3-1-4-8-20)13-14-29(23)36(33,34)21-9-5-2-6-10-21/h1-12,15,23H,13-14,16-17H2,(H,27,30)/t23-/m0/s1. The average Bonchev–Trinajstić information content (AvgIpc) is 2.88. The molecule has 0 bridgehead atoms. The highest BCUT2D eigenvalue weighted by Crippen LogP contribution is 2.26. The molecule has 0 aliphatic carbocycles. The molecule has 1 saturated heterocycles. The highest BCUT2D eigenvalue weighted by molar-refractivity contribution is 7.89. The largest absolute Gasteiger partial charge is 0.351 e. The summed E-state index contributed by atoms with van der Waals surface area (Å²) >= 11 is 12.1. The van der Waals surface area contributed by atoms with Crippen LogP contribution in [0.25, 0.3) is 0 Å². The van der Waals surface area contributed by atoms with Crippen LogP contribution in [0.1, 0.15) is 5.56 Å². The number of rotatable bonds is 7. The van der Waals surface area contributed by atoms with E-state index >= 15 is 0 Å². The first-order valence-corrected chi connectivity index (χ1v) is 14.6. The molecule has 8 nitrogen and oxygen atoms in total. The van der Waals surface area contributed by atoms with Crippen molar-refractivity contribution in [2.45, 2.75) is 22.4 Å². The first-order chi connectivity index (χ1) is 17.1. The summed E-state index contributed by atoms with van der Waals surface area (Å²) in [7, 11) is -8.02. The second kappa shape index (κ2) is 10.9. The lowest BCUT2D eigenvalue weighted by molar-refractivity contribution is -0.126. The molecule has 0 saturated carbocycles. The van der Waals surface area contributed by atoms with Crippen molar-refractivity contribution in [1.82, 2.24) is 13.9 Å². The van der Waals surface area contributed by atoms with E-state index in [2.05, 4.69) is 5.32 Å². The number of piperazine rings is 1. The molecule has 1 fully saturated rings. The third kappa shape index (κ3) is 5.59. The van der Waals surface area contributed by atoms with Gasteiger partial charge in [0.25, 0.3) is 0 Å². The smallest absolute Gasteiger partial charge is 0.243 e. The summed E-state index contributed by atoms with van der Waals surface area (Å²) in [6, 6.07) is 19.0. The van der Waals surface area contributed by atoms with Gasteiger partial charge in [-0.1, -0.05) is 65.7 Å². The SMILES string of the molecule is O=C(NCc1ccc(Cl)cc1Cl)[C@@H]1CN(S(=O)(=O)c2ccccc2)CCN1S(=O)(=O)c1ccccc1. The molecule has 1 aliphatic heterocycles. The van der Waals surface area contributed by atoms with Crippen LogP contribution in [0.5, 0.6) is 0 Å². The van der Waals surface area contributed by atoms with E-state index in [0.29, 0.717) is 15.6 Å². The number of nitrogens with zero attached hydrogens (tertiary/aromatic N) is 2. The molecule has 0 aromatic heterocycles. The number of nitrogens with one attached hydrogen (secondary N) is 1. The van der Waals surface area contributed by atoms with Gasteiger partial charge in [-0.05, 0) is 42.0 Å². The number of benzene rings is 3. The first-order valence-electron chi connectivity index (χ1n) is 10.9. The Bertz CT molecular complexity index is 1450. The van der Waals surface area contributed by atoms with Gasteiger partial charge in [-0.2, -0.15) is 8.61 Å². The van der Waals surface area contributed by atoms with Gasteiger partial charge >= 0.3 is 0 Å². The van der Waals surface area contributed by atoms with Gasteiger partial charge in [0.2, 0.25) is 26.0 Å². The molecule has 0 radical (unpaired) electrons. The van der Waals surface area contributed by atoms with Crippen LogP contribution in [0.2, 0.25) is 10.0 Å². The summed E-state index contributed by atoms with van der Waals surface area (Å²) in [5, 5.41) is 3.48. The van der Waals surface area contributed by atoms with Crippen molar-refractivity contribution in [2.75, 3.05) is 19.6 Å². The molecule has 1 aliphatic rings. The Balaban J connectivity index is 1.64. The average molecular weight is 569 g/mol. The maximum absolute atomic E-state index is 13.4. The molecule has 1 amide bonds. The van der Waals surface area contributed by atoms with Crippen molar-refractivity contribution in [3.63, 3.8) is 0 Å². The summed E-state index contributed by atoms with van der Waals surface area (Å²) in [6.45, 7) is -0.626. The van der Waals surface area contributed by atoms with Crippen molar-refractivity contribution < 1.29 is 21.6 Å². The van der Waals surface area contributed by atoms with Crippen molar-refractivity contribution in [3.05, 3.63) is 94.5 Å². The molecule has 4 rings (SSSR count). The topological polar surface area (TPSA) is 104 Å². The summed E-state index contributed by atoms with van der Waals surface area (Å²) in [4.78, 5) is 13.4. The second-order valence-electron chi connectivity index (χ2n) is 8.07. The minimum Gasteiger partial charge on any atom is -0.351 e. The van der Waals surface area contributed by atoms with Crippen LogP contribution in [0, 0.1) is 0 Å². The fourth-order valence-corrected chi connectivity index (χ4v) is 7.42. The molecule has 36 heavy (non-hydrogen) atoms. The predicted octanol–water partition coefficient (Wildman–Crippen LogP) is 3.37. The summed E-state index contributed by atoms with van der Waals surface area (Å²) in [6.07, 6.45) is 0. The summed E-state index contributed by atoms with van der Waals surface area (Å²) in [5.74, 6) is -0.645. The van der Waals surface area contributed by atoms with Gasteiger partial charge in [0.05, 0.1) is 9.79 Å². The molecule has 1 atom stereocenters. The number of amides is 1. The van der Waals surface area contributed by atoms with Crippen molar-refractivity contribution in [1.29, 1.82) is 0 Å². The van der Waals surface area contributed by atoms with Gasteiger partial charge < -0.3 is 5.32 Å². The monoisotopic (exact) mass is 567 g/mol. The zero-order valence-electron chi connectivity index (χ0n) is 18.9. The lowest BCUT2D eigenvalue weighted by Gasteiger charge is -2.39.